The summed E-state index contributed by atoms with van der Waals surface area (Å²) < 4.78 is 51.1. The van der Waals surface area contributed by atoms with Crippen molar-refractivity contribution in [1.82, 2.24) is 5.32 Å². The second kappa shape index (κ2) is 8.89. The lowest BCUT2D eigenvalue weighted by atomic mass is 10.1. The molecule has 0 aromatic heterocycles. The summed E-state index contributed by atoms with van der Waals surface area (Å²) in [7, 11) is 0. The first-order valence-corrected chi connectivity index (χ1v) is 8.25. The molecule has 0 unspecified atom stereocenters. The number of carbonyl (C=O) groups is 1. The molecule has 0 aliphatic carbocycles. The molecule has 2 N–H and O–H groups in total. The Kier molecular flexibility index (Phi) is 6.85. The molecule has 2 aromatic carbocycles. The molecule has 2 aromatic rings. The van der Waals surface area contributed by atoms with Crippen molar-refractivity contribution in [2.24, 2.45) is 0 Å². The van der Waals surface area contributed by atoms with E-state index in [1.807, 2.05) is 0 Å². The van der Waals surface area contributed by atoms with Gasteiger partial charge in [0.2, 0.25) is 5.91 Å². The number of hydrogen-bond acceptors (Lipinski definition) is 2. The normalized spacial score (nSPS) is 11.3. The van der Waals surface area contributed by atoms with Crippen LogP contribution >= 0.6 is 11.6 Å². The Morgan fingerprint density at radius 2 is 1.73 bits per heavy atom. The molecule has 0 saturated carbocycles. The van der Waals surface area contributed by atoms with Gasteiger partial charge in [0, 0.05) is 25.2 Å². The monoisotopic (exact) mass is 388 g/mol. The molecule has 8 heteroatoms. The summed E-state index contributed by atoms with van der Waals surface area (Å²) in [6.07, 6.45) is -3.87. The van der Waals surface area contributed by atoms with Crippen molar-refractivity contribution in [3.05, 3.63) is 64.4 Å². The minimum absolute atomic E-state index is 0.105. The third-order valence-corrected chi connectivity index (χ3v) is 3.93. The van der Waals surface area contributed by atoms with Gasteiger partial charge in [-0.3, -0.25) is 4.79 Å². The summed E-state index contributed by atoms with van der Waals surface area (Å²) in [5.41, 5.74) is 0.208. The maximum absolute atomic E-state index is 12.8. The van der Waals surface area contributed by atoms with Crippen LogP contribution in [0.5, 0.6) is 0 Å². The molecule has 0 saturated heterocycles. The number of anilines is 1. The predicted molar refractivity (Wildman–Crippen MR) is 92.7 cm³/mol. The smallest absolute Gasteiger partial charge is 0.385 e. The van der Waals surface area contributed by atoms with Gasteiger partial charge >= 0.3 is 6.18 Å². The molecule has 0 aliphatic heterocycles. The summed E-state index contributed by atoms with van der Waals surface area (Å²) in [5, 5.41) is 5.10. The van der Waals surface area contributed by atoms with Gasteiger partial charge in [-0.2, -0.15) is 13.2 Å². The van der Waals surface area contributed by atoms with Crippen LogP contribution < -0.4 is 10.6 Å². The Morgan fingerprint density at radius 1 is 1.04 bits per heavy atom. The molecule has 1 amide bonds. The quantitative estimate of drug-likeness (QED) is 0.677. The van der Waals surface area contributed by atoms with Gasteiger partial charge in [-0.25, -0.2) is 4.39 Å². The van der Waals surface area contributed by atoms with Gasteiger partial charge < -0.3 is 10.6 Å². The zero-order valence-electron chi connectivity index (χ0n) is 13.7. The highest BCUT2D eigenvalue weighted by Gasteiger charge is 2.33. The van der Waals surface area contributed by atoms with E-state index in [1.54, 1.807) is 12.1 Å². The van der Waals surface area contributed by atoms with Crippen molar-refractivity contribution in [2.45, 2.75) is 19.0 Å². The van der Waals surface area contributed by atoms with Crippen LogP contribution in [0.3, 0.4) is 0 Å². The molecule has 0 aliphatic rings. The van der Waals surface area contributed by atoms with Gasteiger partial charge in [0.1, 0.15) is 5.82 Å². The average molecular weight is 389 g/mol. The summed E-state index contributed by atoms with van der Waals surface area (Å²) in [5.74, 6) is -0.552. The van der Waals surface area contributed by atoms with E-state index in [4.69, 9.17) is 11.6 Å². The molecule has 2 rings (SSSR count). The molecule has 0 atom stereocenters. The zero-order chi connectivity index (χ0) is 19.2. The largest absolute Gasteiger partial charge is 0.417 e. The highest BCUT2D eigenvalue weighted by atomic mass is 35.5. The van der Waals surface area contributed by atoms with E-state index >= 15 is 0 Å². The van der Waals surface area contributed by atoms with E-state index < -0.39 is 11.7 Å². The standard InChI is InChI=1S/C18H17ClF4N2O/c19-16-6-5-14(11-15(16)18(21,22)23)24-10-8-17(26)25-9-7-12-1-3-13(20)4-2-12/h1-6,11,24H,7-10H2,(H,25,26). The predicted octanol–water partition coefficient (Wildman–Crippen LogP) is 4.66. The van der Waals surface area contributed by atoms with E-state index in [9.17, 15) is 22.4 Å². The molecule has 0 spiro atoms. The van der Waals surface area contributed by atoms with E-state index in [0.717, 1.165) is 17.7 Å². The highest BCUT2D eigenvalue weighted by molar-refractivity contribution is 6.31. The van der Waals surface area contributed by atoms with Crippen LogP contribution in [-0.4, -0.2) is 19.0 Å². The van der Waals surface area contributed by atoms with Crippen LogP contribution in [0.15, 0.2) is 42.5 Å². The number of rotatable bonds is 7. The fraction of sp³-hybridized carbons (Fsp3) is 0.278. The number of amides is 1. The minimum atomic E-state index is -4.54. The Balaban J connectivity index is 1.73. The van der Waals surface area contributed by atoms with Gasteiger partial charge in [-0.15, -0.1) is 0 Å². The van der Waals surface area contributed by atoms with Crippen LogP contribution in [0.1, 0.15) is 17.5 Å². The summed E-state index contributed by atoms with van der Waals surface area (Å²) in [6, 6.07) is 9.47. The molecule has 0 radical (unpaired) electrons. The molecule has 26 heavy (non-hydrogen) atoms. The van der Waals surface area contributed by atoms with Crippen molar-refractivity contribution < 1.29 is 22.4 Å². The summed E-state index contributed by atoms with van der Waals surface area (Å²) >= 11 is 5.55. The van der Waals surface area contributed by atoms with Crippen LogP contribution in [-0.2, 0) is 17.4 Å². The first-order chi connectivity index (χ1) is 12.3. The van der Waals surface area contributed by atoms with Gasteiger partial charge in [0.05, 0.1) is 10.6 Å². The van der Waals surface area contributed by atoms with E-state index in [1.165, 1.54) is 18.2 Å². The van der Waals surface area contributed by atoms with Crippen molar-refractivity contribution in [1.29, 1.82) is 0 Å². The third-order valence-electron chi connectivity index (χ3n) is 3.60. The van der Waals surface area contributed by atoms with Crippen molar-refractivity contribution in [2.75, 3.05) is 18.4 Å². The maximum Gasteiger partial charge on any atom is 0.417 e. The molecule has 0 bridgehead atoms. The van der Waals surface area contributed by atoms with Crippen molar-refractivity contribution >= 4 is 23.2 Å². The SMILES string of the molecule is O=C(CCNc1ccc(Cl)c(C(F)(F)F)c1)NCCc1ccc(F)cc1. The van der Waals surface area contributed by atoms with Gasteiger partial charge in [-0.05, 0) is 42.3 Å². The minimum Gasteiger partial charge on any atom is -0.385 e. The lowest BCUT2D eigenvalue weighted by Gasteiger charge is -2.12. The third kappa shape index (κ3) is 6.22. The second-order valence-electron chi connectivity index (χ2n) is 5.60. The first-order valence-electron chi connectivity index (χ1n) is 7.87. The van der Waals surface area contributed by atoms with Crippen LogP contribution in [0.4, 0.5) is 23.2 Å². The maximum atomic E-state index is 12.8. The highest BCUT2D eigenvalue weighted by Crippen LogP contribution is 2.36. The molecule has 140 valence electrons. The Labute approximate surface area is 153 Å². The van der Waals surface area contributed by atoms with Crippen LogP contribution in [0.2, 0.25) is 5.02 Å². The van der Waals surface area contributed by atoms with Gasteiger partial charge in [0.25, 0.3) is 0 Å². The number of carbonyl (C=O) groups excluding carboxylic acids is 1. The number of halogens is 5. The number of hydrogen-bond donors (Lipinski definition) is 2. The van der Waals surface area contributed by atoms with Gasteiger partial charge in [-0.1, -0.05) is 23.7 Å². The second-order valence-corrected chi connectivity index (χ2v) is 6.00. The number of nitrogens with one attached hydrogen (secondary N) is 2. The lowest BCUT2D eigenvalue weighted by Crippen LogP contribution is -2.27. The van der Waals surface area contributed by atoms with E-state index in [0.29, 0.717) is 13.0 Å². The fourth-order valence-electron chi connectivity index (χ4n) is 2.26. The Morgan fingerprint density at radius 3 is 2.38 bits per heavy atom. The van der Waals surface area contributed by atoms with Crippen LogP contribution in [0.25, 0.3) is 0 Å². The Hall–Kier alpha value is -2.28. The number of benzene rings is 2. The summed E-state index contributed by atoms with van der Waals surface area (Å²) in [4.78, 5) is 11.7. The van der Waals surface area contributed by atoms with Crippen molar-refractivity contribution in [3.63, 3.8) is 0 Å². The molecule has 0 heterocycles. The van der Waals surface area contributed by atoms with Crippen molar-refractivity contribution in [3.8, 4) is 0 Å². The van der Waals surface area contributed by atoms with Gasteiger partial charge in [0.15, 0.2) is 0 Å². The zero-order valence-corrected chi connectivity index (χ0v) is 14.4. The van der Waals surface area contributed by atoms with Crippen LogP contribution in [0, 0.1) is 5.82 Å². The lowest BCUT2D eigenvalue weighted by molar-refractivity contribution is -0.137. The first kappa shape index (κ1) is 20.0. The summed E-state index contributed by atoms with van der Waals surface area (Å²) in [6.45, 7) is 0.574. The topological polar surface area (TPSA) is 41.1 Å². The average Bonchev–Trinajstić information content (AvgIpc) is 2.57. The van der Waals surface area contributed by atoms with E-state index in [-0.39, 0.29) is 35.4 Å². The molecule has 0 fully saturated rings. The molecule has 3 nitrogen and oxygen atoms in total. The number of alkyl halides is 3. The fourth-order valence-corrected chi connectivity index (χ4v) is 2.48. The Bertz CT molecular complexity index is 748. The molecular formula is C18H17ClF4N2O. The van der Waals surface area contributed by atoms with E-state index in [2.05, 4.69) is 10.6 Å². The molecular weight excluding hydrogens is 372 g/mol.